The van der Waals surface area contributed by atoms with Crippen LogP contribution in [0.3, 0.4) is 0 Å². The van der Waals surface area contributed by atoms with Crippen LogP contribution in [0.4, 0.5) is 5.00 Å². The third-order valence-corrected chi connectivity index (χ3v) is 11.0. The molecule has 8 rings (SSSR count). The number of nitriles is 1. The number of nitrogens with zero attached hydrogens (tertiary/aromatic N) is 7. The number of thiophene rings is 1. The number of nitrogen functional groups attached to an aromatic ring is 1. The first kappa shape index (κ1) is 24.3. The molecule has 2 aliphatic heterocycles. The number of hydrogen-bond donors (Lipinski definition) is 1. The van der Waals surface area contributed by atoms with Gasteiger partial charge in [-0.3, -0.25) is 4.90 Å². The van der Waals surface area contributed by atoms with E-state index in [2.05, 4.69) is 21.1 Å². The van der Waals surface area contributed by atoms with Crippen LogP contribution in [0.2, 0.25) is 0 Å². The average Bonchev–Trinajstić information content (AvgIpc) is 3.76. The Morgan fingerprint density at radius 2 is 1.90 bits per heavy atom. The van der Waals surface area contributed by atoms with E-state index in [1.54, 1.807) is 17.7 Å². The molecule has 1 unspecified atom stereocenters. The second-order valence-corrected chi connectivity index (χ2v) is 13.1. The number of hydrogen-bond acceptors (Lipinski definition) is 10. The Balaban J connectivity index is 1.23. The monoisotopic (exact) mass is 556 g/mol. The van der Waals surface area contributed by atoms with Crippen LogP contribution in [0.1, 0.15) is 78.7 Å². The number of fused-ring (bicyclic) bond motifs is 6. The normalized spacial score (nSPS) is 23.3. The van der Waals surface area contributed by atoms with Crippen molar-refractivity contribution >= 4 is 27.5 Å². The molecule has 6 heterocycles. The third-order valence-electron chi connectivity index (χ3n) is 9.90. The van der Waals surface area contributed by atoms with Gasteiger partial charge in [0, 0.05) is 17.5 Å². The Hall–Kier alpha value is -3.49. The Morgan fingerprint density at radius 3 is 2.70 bits per heavy atom. The number of ether oxygens (including phenoxy) is 1. The van der Waals surface area contributed by atoms with E-state index in [-0.39, 0.29) is 11.0 Å². The molecule has 0 bridgehead atoms. The minimum Gasteiger partial charge on any atom is -0.461 e. The van der Waals surface area contributed by atoms with E-state index in [4.69, 9.17) is 25.0 Å². The highest BCUT2D eigenvalue weighted by Gasteiger charge is 2.49. The molecule has 10 nitrogen and oxygen atoms in total. The van der Waals surface area contributed by atoms with Crippen LogP contribution in [0.15, 0.2) is 10.9 Å². The smallest absolute Gasteiger partial charge is 0.319 e. The van der Waals surface area contributed by atoms with Gasteiger partial charge in [-0.1, -0.05) is 5.16 Å². The minimum atomic E-state index is -0.380. The molecular weight excluding hydrogens is 524 g/mol. The van der Waals surface area contributed by atoms with Gasteiger partial charge in [0.05, 0.1) is 22.8 Å². The number of imidazole rings is 1. The van der Waals surface area contributed by atoms with Gasteiger partial charge in [0.1, 0.15) is 34.6 Å². The Labute approximate surface area is 236 Å². The maximum absolute atomic E-state index is 10.0. The summed E-state index contributed by atoms with van der Waals surface area (Å²) in [5, 5.41) is 15.3. The maximum Gasteiger partial charge on any atom is 0.319 e. The van der Waals surface area contributed by atoms with E-state index < -0.39 is 0 Å². The van der Waals surface area contributed by atoms with Gasteiger partial charge < -0.3 is 19.6 Å². The molecule has 206 valence electrons. The van der Waals surface area contributed by atoms with Crippen LogP contribution in [-0.2, 0) is 25.3 Å². The highest BCUT2D eigenvalue weighted by Crippen LogP contribution is 2.55. The van der Waals surface area contributed by atoms with E-state index in [0.29, 0.717) is 45.7 Å². The van der Waals surface area contributed by atoms with Crippen molar-refractivity contribution in [3.8, 4) is 23.5 Å². The molecule has 1 atom stereocenters. The van der Waals surface area contributed by atoms with E-state index >= 15 is 0 Å². The van der Waals surface area contributed by atoms with Crippen molar-refractivity contribution in [3.05, 3.63) is 33.7 Å². The summed E-state index contributed by atoms with van der Waals surface area (Å²) >= 11 is 1.56. The molecule has 11 heteroatoms. The molecule has 0 saturated carbocycles. The van der Waals surface area contributed by atoms with Crippen LogP contribution in [-0.4, -0.2) is 54.8 Å². The second-order valence-electron chi connectivity index (χ2n) is 12.0. The molecular formula is C29H32N8O2S. The van der Waals surface area contributed by atoms with Crippen molar-refractivity contribution in [1.82, 2.24) is 29.6 Å². The minimum absolute atomic E-state index is 0.101. The lowest BCUT2D eigenvalue weighted by atomic mass is 9.63. The fourth-order valence-corrected chi connectivity index (χ4v) is 9.26. The summed E-state index contributed by atoms with van der Waals surface area (Å²) in [6, 6.07) is 2.76. The number of nitrogens with two attached hydrogens (primary N) is 1. The highest BCUT2D eigenvalue weighted by atomic mass is 32.1. The van der Waals surface area contributed by atoms with E-state index in [1.807, 2.05) is 11.6 Å². The van der Waals surface area contributed by atoms with Crippen LogP contribution < -0.4 is 10.5 Å². The van der Waals surface area contributed by atoms with Gasteiger partial charge in [0.2, 0.25) is 0 Å². The number of rotatable bonds is 4. The molecule has 4 aromatic rings. The first-order valence-corrected chi connectivity index (χ1v) is 15.2. The Bertz CT molecular complexity index is 1680. The maximum atomic E-state index is 10.0. The van der Waals surface area contributed by atoms with Gasteiger partial charge in [0.25, 0.3) is 0 Å². The summed E-state index contributed by atoms with van der Waals surface area (Å²) in [4.78, 5) is 18.1. The van der Waals surface area contributed by atoms with Crippen LogP contribution in [0.5, 0.6) is 6.01 Å². The third kappa shape index (κ3) is 3.29. The predicted molar refractivity (Wildman–Crippen MR) is 150 cm³/mol. The lowest BCUT2D eigenvalue weighted by Gasteiger charge is -2.39. The highest BCUT2D eigenvalue weighted by molar-refractivity contribution is 7.16. The number of aryl methyl sites for hydroxylation is 2. The van der Waals surface area contributed by atoms with Crippen molar-refractivity contribution in [3.63, 3.8) is 0 Å². The van der Waals surface area contributed by atoms with Gasteiger partial charge in [0.15, 0.2) is 11.4 Å². The van der Waals surface area contributed by atoms with E-state index in [1.165, 1.54) is 17.7 Å². The van der Waals surface area contributed by atoms with Crippen LogP contribution in [0, 0.1) is 11.3 Å². The zero-order valence-electron chi connectivity index (χ0n) is 22.7. The molecule has 40 heavy (non-hydrogen) atoms. The molecule has 0 radical (unpaired) electrons. The lowest BCUT2D eigenvalue weighted by molar-refractivity contribution is 0.108. The standard InChI is InChI=1S/C29H32N8O2S/c1-36-16-32-23-22(33-27(34-26(23)36)38-15-28-8-4-12-37(28)13-5-9-28)21-17-6-2-10-29(24(17)39-35-21)11-3-7-19-20(29)18(14-30)25(31)40-19/h16H,2-13,15,31H2,1H3. The van der Waals surface area contributed by atoms with Crippen molar-refractivity contribution in [2.24, 2.45) is 7.05 Å². The van der Waals surface area contributed by atoms with Crippen LogP contribution >= 0.6 is 11.3 Å². The first-order chi connectivity index (χ1) is 19.5. The summed E-state index contributed by atoms with van der Waals surface area (Å²) in [6.45, 7) is 2.89. The summed E-state index contributed by atoms with van der Waals surface area (Å²) in [7, 11) is 1.94. The average molecular weight is 557 g/mol. The molecule has 2 aliphatic carbocycles. The molecule has 0 amide bonds. The largest absolute Gasteiger partial charge is 0.461 e. The Kier molecular flexibility index (Phi) is 5.32. The van der Waals surface area contributed by atoms with Gasteiger partial charge in [-0.15, -0.1) is 11.3 Å². The first-order valence-electron chi connectivity index (χ1n) is 14.4. The number of anilines is 1. The summed E-state index contributed by atoms with van der Waals surface area (Å²) < 4.78 is 14.5. The molecule has 2 saturated heterocycles. The Morgan fingerprint density at radius 1 is 1.10 bits per heavy atom. The van der Waals surface area contributed by atoms with Gasteiger partial charge in [-0.2, -0.15) is 15.2 Å². The van der Waals surface area contributed by atoms with E-state index in [9.17, 15) is 5.26 Å². The van der Waals surface area contributed by atoms with Gasteiger partial charge in [-0.05, 0) is 82.9 Å². The van der Waals surface area contributed by atoms with Crippen molar-refractivity contribution in [1.29, 1.82) is 5.26 Å². The molecule has 0 aromatic carbocycles. The van der Waals surface area contributed by atoms with Crippen LogP contribution in [0.25, 0.3) is 22.6 Å². The zero-order valence-corrected chi connectivity index (χ0v) is 23.5. The second kappa shape index (κ2) is 8.75. The summed E-state index contributed by atoms with van der Waals surface area (Å²) in [5.41, 5.74) is 11.6. The topological polar surface area (TPSA) is 132 Å². The van der Waals surface area contributed by atoms with Gasteiger partial charge >= 0.3 is 6.01 Å². The SMILES string of the molecule is Cn1cnc2c(-c3noc4c3CCCC43CCCc4sc(N)c(C#N)c43)nc(OCC34CCCN3CCC4)nc21. The van der Waals surface area contributed by atoms with Gasteiger partial charge in [-0.25, -0.2) is 4.98 Å². The fourth-order valence-electron chi connectivity index (χ4n) is 8.10. The number of aromatic nitrogens is 5. The zero-order chi connectivity index (χ0) is 27.1. The van der Waals surface area contributed by atoms with E-state index in [0.717, 1.165) is 81.3 Å². The molecule has 2 fully saturated rings. The lowest BCUT2D eigenvalue weighted by Crippen LogP contribution is -2.43. The molecule has 4 aliphatic rings. The van der Waals surface area contributed by atoms with Crippen molar-refractivity contribution in [2.75, 3.05) is 25.4 Å². The van der Waals surface area contributed by atoms with Crippen molar-refractivity contribution in [2.45, 2.75) is 75.2 Å². The predicted octanol–water partition coefficient (Wildman–Crippen LogP) is 4.50. The van der Waals surface area contributed by atoms with Crippen molar-refractivity contribution < 1.29 is 9.26 Å². The summed E-state index contributed by atoms with van der Waals surface area (Å²) in [6.07, 6.45) is 12.1. The summed E-state index contributed by atoms with van der Waals surface area (Å²) in [5.74, 6) is 0.862. The molecule has 4 aromatic heterocycles. The molecule has 2 N–H and O–H groups in total. The molecule has 1 spiro atoms. The fraction of sp³-hybridized carbons (Fsp3) is 0.552. The quantitative estimate of drug-likeness (QED) is 0.386.